The summed E-state index contributed by atoms with van der Waals surface area (Å²) >= 11 is 1.50. The Bertz CT molecular complexity index is 1230. The third kappa shape index (κ3) is 4.20. The fourth-order valence-corrected chi connectivity index (χ4v) is 4.72. The Morgan fingerprint density at radius 1 is 1.18 bits per heavy atom. The molecule has 1 saturated heterocycles. The average Bonchev–Trinajstić information content (AvgIpc) is 3.49. The van der Waals surface area contributed by atoms with Gasteiger partial charge >= 0.3 is 0 Å². The molecule has 0 aliphatic carbocycles. The summed E-state index contributed by atoms with van der Waals surface area (Å²) in [5.41, 5.74) is 1.13. The number of hydrogen-bond donors (Lipinski definition) is 1. The van der Waals surface area contributed by atoms with E-state index in [4.69, 9.17) is 9.15 Å². The Morgan fingerprint density at radius 3 is 2.52 bits per heavy atom. The van der Waals surface area contributed by atoms with E-state index in [1.807, 2.05) is 29.6 Å². The van der Waals surface area contributed by atoms with Crippen molar-refractivity contribution < 1.29 is 23.8 Å². The van der Waals surface area contributed by atoms with Gasteiger partial charge in [0, 0.05) is 4.88 Å². The number of rotatable bonds is 5. The van der Waals surface area contributed by atoms with Crippen LogP contribution in [0.25, 0.3) is 5.76 Å². The normalized spacial score (nSPS) is 18.2. The van der Waals surface area contributed by atoms with E-state index in [2.05, 4.69) is 20.8 Å². The summed E-state index contributed by atoms with van der Waals surface area (Å²) < 4.78 is 11.3. The van der Waals surface area contributed by atoms with Crippen LogP contribution in [0, 0.1) is 6.92 Å². The van der Waals surface area contributed by atoms with Gasteiger partial charge in [0.05, 0.1) is 24.8 Å². The molecule has 0 spiro atoms. The molecule has 1 unspecified atom stereocenters. The van der Waals surface area contributed by atoms with Gasteiger partial charge in [-0.3, -0.25) is 9.59 Å². The summed E-state index contributed by atoms with van der Waals surface area (Å²) in [6.45, 7) is 8.21. The zero-order chi connectivity index (χ0) is 23.9. The highest BCUT2D eigenvalue weighted by atomic mass is 32.1. The Morgan fingerprint density at radius 2 is 1.94 bits per heavy atom. The molecular formula is C26H27NO5S. The molecule has 2 aromatic heterocycles. The summed E-state index contributed by atoms with van der Waals surface area (Å²) in [6.07, 6.45) is 0. The van der Waals surface area contributed by atoms with Crippen LogP contribution in [-0.2, 0) is 21.5 Å². The third-order valence-corrected chi connectivity index (χ3v) is 6.66. The lowest BCUT2D eigenvalue weighted by Crippen LogP contribution is -2.28. The summed E-state index contributed by atoms with van der Waals surface area (Å²) in [5, 5.41) is 13.4. The SMILES string of the molecule is COc1ccc(C(C)(C)C)cc1/C(O)=C1\C(=O)C(=O)N(Cc2cccs2)C1c1ccc(C)o1. The van der Waals surface area contributed by atoms with Gasteiger partial charge in [-0.25, -0.2) is 0 Å². The van der Waals surface area contributed by atoms with E-state index in [1.54, 1.807) is 25.1 Å². The van der Waals surface area contributed by atoms with Crippen LogP contribution in [0.1, 0.15) is 54.3 Å². The second-order valence-electron chi connectivity index (χ2n) is 9.12. The van der Waals surface area contributed by atoms with E-state index >= 15 is 0 Å². The number of aliphatic hydroxyl groups is 1. The number of nitrogens with zero attached hydrogens (tertiary/aromatic N) is 1. The number of aliphatic hydroxyl groups excluding tert-OH is 1. The summed E-state index contributed by atoms with van der Waals surface area (Å²) in [4.78, 5) is 28.7. The maximum atomic E-state index is 13.2. The van der Waals surface area contributed by atoms with Gasteiger partial charge in [-0.15, -0.1) is 11.3 Å². The zero-order valence-electron chi connectivity index (χ0n) is 19.3. The van der Waals surface area contributed by atoms with Crippen molar-refractivity contribution >= 4 is 28.8 Å². The molecule has 0 radical (unpaired) electrons. The van der Waals surface area contributed by atoms with Gasteiger partial charge in [-0.05, 0) is 53.6 Å². The van der Waals surface area contributed by atoms with Crippen LogP contribution in [0.2, 0.25) is 0 Å². The summed E-state index contributed by atoms with van der Waals surface area (Å²) in [5.74, 6) is -0.195. The molecule has 1 aromatic carbocycles. The fourth-order valence-electron chi connectivity index (χ4n) is 4.01. The van der Waals surface area contributed by atoms with Crippen molar-refractivity contribution in [3.63, 3.8) is 0 Å². The van der Waals surface area contributed by atoms with Gasteiger partial charge in [0.25, 0.3) is 11.7 Å². The second kappa shape index (κ2) is 8.56. The Hall–Kier alpha value is -3.32. The lowest BCUT2D eigenvalue weighted by Gasteiger charge is -2.24. The lowest BCUT2D eigenvalue weighted by molar-refractivity contribution is -0.140. The maximum absolute atomic E-state index is 13.2. The summed E-state index contributed by atoms with van der Waals surface area (Å²) in [7, 11) is 1.51. The smallest absolute Gasteiger partial charge is 0.296 e. The first kappa shape index (κ1) is 22.9. The largest absolute Gasteiger partial charge is 0.507 e. The Balaban J connectivity index is 1.92. The third-order valence-electron chi connectivity index (χ3n) is 5.80. The number of carbonyl (C=O) groups is 2. The van der Waals surface area contributed by atoms with Crippen molar-refractivity contribution in [2.24, 2.45) is 0 Å². The number of hydrogen-bond acceptors (Lipinski definition) is 6. The van der Waals surface area contributed by atoms with Crippen LogP contribution >= 0.6 is 11.3 Å². The van der Waals surface area contributed by atoms with E-state index in [1.165, 1.54) is 23.3 Å². The number of benzene rings is 1. The number of ether oxygens (including phenoxy) is 1. The van der Waals surface area contributed by atoms with Crippen molar-refractivity contribution in [3.05, 3.63) is 80.9 Å². The number of thiophene rings is 1. The van der Waals surface area contributed by atoms with Gasteiger partial charge in [0.1, 0.15) is 29.1 Å². The van der Waals surface area contributed by atoms with Crippen molar-refractivity contribution in [2.45, 2.75) is 45.7 Å². The van der Waals surface area contributed by atoms with Crippen molar-refractivity contribution in [3.8, 4) is 5.75 Å². The highest BCUT2D eigenvalue weighted by Crippen LogP contribution is 2.43. The molecule has 3 aromatic rings. The van der Waals surface area contributed by atoms with Gasteiger partial charge in [-0.2, -0.15) is 0 Å². The average molecular weight is 466 g/mol. The predicted molar refractivity (Wildman–Crippen MR) is 127 cm³/mol. The minimum Gasteiger partial charge on any atom is -0.507 e. The fraction of sp³-hybridized carbons (Fsp3) is 0.308. The Labute approximate surface area is 197 Å². The standard InChI is InChI=1S/C26H27NO5S/c1-15-8-10-20(32-15)22-21(24(29)25(30)27(22)14-17-7-6-12-33-17)23(28)18-13-16(26(2,3)4)9-11-19(18)31-5/h6-13,22,28H,14H2,1-5H3/b23-21+. The molecule has 1 atom stereocenters. The minimum absolute atomic E-state index is 0.00438. The van der Waals surface area contributed by atoms with Crippen LogP contribution < -0.4 is 4.74 Å². The first-order valence-electron chi connectivity index (χ1n) is 10.7. The molecule has 0 bridgehead atoms. The lowest BCUT2D eigenvalue weighted by atomic mass is 9.85. The van der Waals surface area contributed by atoms with E-state index in [0.717, 1.165) is 10.4 Å². The molecule has 1 N–H and O–H groups in total. The van der Waals surface area contributed by atoms with Gasteiger partial charge < -0.3 is 19.2 Å². The number of amides is 1. The van der Waals surface area contributed by atoms with Gasteiger partial charge in [-0.1, -0.05) is 32.9 Å². The highest BCUT2D eigenvalue weighted by Gasteiger charge is 2.48. The number of likely N-dealkylation sites (tertiary alicyclic amines) is 1. The maximum Gasteiger partial charge on any atom is 0.296 e. The molecule has 3 heterocycles. The molecular weight excluding hydrogens is 438 g/mol. The molecule has 1 amide bonds. The van der Waals surface area contributed by atoms with Crippen LogP contribution in [0.15, 0.2) is 57.8 Å². The van der Waals surface area contributed by atoms with Crippen molar-refractivity contribution in [2.75, 3.05) is 7.11 Å². The quantitative estimate of drug-likeness (QED) is 0.302. The molecule has 1 aliphatic heterocycles. The number of methoxy groups -OCH3 is 1. The van der Waals surface area contributed by atoms with Crippen molar-refractivity contribution in [1.82, 2.24) is 4.90 Å². The monoisotopic (exact) mass is 465 g/mol. The van der Waals surface area contributed by atoms with E-state index in [9.17, 15) is 14.7 Å². The second-order valence-corrected chi connectivity index (χ2v) is 10.2. The molecule has 172 valence electrons. The zero-order valence-corrected chi connectivity index (χ0v) is 20.2. The topological polar surface area (TPSA) is 80.0 Å². The van der Waals surface area contributed by atoms with Crippen molar-refractivity contribution in [1.29, 1.82) is 0 Å². The minimum atomic E-state index is -0.844. The number of furan rings is 1. The first-order valence-corrected chi connectivity index (χ1v) is 11.6. The molecule has 4 rings (SSSR count). The summed E-state index contributed by atoms with van der Waals surface area (Å²) in [6, 6.07) is 12.0. The number of Topliss-reactive ketones (excluding diaryl/α,β-unsaturated/α-hetero) is 1. The molecule has 0 saturated carbocycles. The predicted octanol–water partition coefficient (Wildman–Crippen LogP) is 5.58. The highest BCUT2D eigenvalue weighted by molar-refractivity contribution is 7.09. The van der Waals surface area contributed by atoms with E-state index < -0.39 is 17.7 Å². The Kier molecular flexibility index (Phi) is 5.93. The molecule has 33 heavy (non-hydrogen) atoms. The number of aryl methyl sites for hydroxylation is 1. The molecule has 6 nitrogen and oxygen atoms in total. The molecule has 1 fully saturated rings. The van der Waals surface area contributed by atoms with Crippen LogP contribution in [0.3, 0.4) is 0 Å². The van der Waals surface area contributed by atoms with Gasteiger partial charge in [0.15, 0.2) is 0 Å². The van der Waals surface area contributed by atoms with Crippen LogP contribution in [0.4, 0.5) is 0 Å². The first-order chi connectivity index (χ1) is 15.6. The number of ketones is 1. The van der Waals surface area contributed by atoms with Crippen LogP contribution in [-0.4, -0.2) is 28.8 Å². The van der Waals surface area contributed by atoms with E-state index in [0.29, 0.717) is 22.8 Å². The molecule has 7 heteroatoms. The number of carbonyl (C=O) groups excluding carboxylic acids is 2. The van der Waals surface area contributed by atoms with E-state index in [-0.39, 0.29) is 23.3 Å². The van der Waals surface area contributed by atoms with Gasteiger partial charge in [0.2, 0.25) is 0 Å². The van der Waals surface area contributed by atoms with Crippen LogP contribution in [0.5, 0.6) is 5.75 Å². The molecule has 1 aliphatic rings.